The second kappa shape index (κ2) is 5.38. The van der Waals surface area contributed by atoms with Crippen LogP contribution in [0, 0.1) is 0 Å². The molecule has 0 aliphatic carbocycles. The maximum atomic E-state index is 4.33. The Balaban J connectivity index is 2.30. The molecular formula is C11H7Br3N2. The molecule has 1 aromatic heterocycles. The van der Waals surface area contributed by atoms with Gasteiger partial charge in [0.1, 0.15) is 15.0 Å². The maximum Gasteiger partial charge on any atom is 0.135 e. The van der Waals surface area contributed by atoms with Crippen molar-refractivity contribution in [2.45, 2.75) is 6.42 Å². The molecule has 0 amide bonds. The van der Waals surface area contributed by atoms with Crippen LogP contribution in [0.25, 0.3) is 0 Å². The van der Waals surface area contributed by atoms with E-state index in [1.54, 1.807) is 0 Å². The Hall–Kier alpha value is -0.260. The highest BCUT2D eigenvalue weighted by Crippen LogP contribution is 2.20. The number of benzene rings is 1. The van der Waals surface area contributed by atoms with Crippen LogP contribution in [0.3, 0.4) is 0 Å². The highest BCUT2D eigenvalue weighted by molar-refractivity contribution is 9.11. The van der Waals surface area contributed by atoms with Gasteiger partial charge >= 0.3 is 0 Å². The van der Waals surface area contributed by atoms with E-state index < -0.39 is 0 Å². The Labute approximate surface area is 119 Å². The zero-order valence-corrected chi connectivity index (χ0v) is 12.9. The molecule has 0 N–H and O–H groups in total. The molecule has 0 fully saturated rings. The Morgan fingerprint density at radius 1 is 0.938 bits per heavy atom. The van der Waals surface area contributed by atoms with E-state index in [1.807, 2.05) is 24.3 Å². The van der Waals surface area contributed by atoms with Crippen molar-refractivity contribution in [3.63, 3.8) is 0 Å². The molecule has 0 unspecified atom stereocenters. The van der Waals surface area contributed by atoms with Crippen LogP contribution in [0.4, 0.5) is 0 Å². The van der Waals surface area contributed by atoms with E-state index >= 15 is 0 Å². The quantitative estimate of drug-likeness (QED) is 0.693. The average Bonchev–Trinajstić information content (AvgIpc) is 2.20. The number of nitrogens with zero attached hydrogens (tertiary/aromatic N) is 2. The topological polar surface area (TPSA) is 25.8 Å². The van der Waals surface area contributed by atoms with E-state index in [4.69, 9.17) is 0 Å². The molecule has 0 radical (unpaired) electrons. The number of hydrogen-bond donors (Lipinski definition) is 0. The molecule has 2 rings (SSSR count). The number of aromatic nitrogens is 2. The lowest BCUT2D eigenvalue weighted by molar-refractivity contribution is 0.938. The molecule has 0 atom stereocenters. The lowest BCUT2D eigenvalue weighted by atomic mass is 10.1. The van der Waals surface area contributed by atoms with Crippen LogP contribution in [0.15, 0.2) is 44.0 Å². The Morgan fingerprint density at radius 2 is 1.56 bits per heavy atom. The summed E-state index contributed by atoms with van der Waals surface area (Å²) >= 11 is 10.2. The molecule has 5 heteroatoms. The van der Waals surface area contributed by atoms with Gasteiger partial charge in [-0.1, -0.05) is 34.1 Å². The van der Waals surface area contributed by atoms with Gasteiger partial charge in [-0.05, 0) is 43.5 Å². The molecule has 0 saturated carbocycles. The summed E-state index contributed by atoms with van der Waals surface area (Å²) in [6, 6.07) is 9.90. The molecule has 2 aromatic rings. The van der Waals surface area contributed by atoms with E-state index in [0.717, 1.165) is 19.5 Å². The van der Waals surface area contributed by atoms with Gasteiger partial charge in [-0.15, -0.1) is 0 Å². The van der Waals surface area contributed by atoms with Crippen LogP contribution in [0.2, 0.25) is 0 Å². The Kier molecular flexibility index (Phi) is 4.10. The first-order valence-electron chi connectivity index (χ1n) is 4.57. The zero-order chi connectivity index (χ0) is 11.5. The smallest absolute Gasteiger partial charge is 0.135 e. The predicted molar refractivity (Wildman–Crippen MR) is 74.4 cm³/mol. The van der Waals surface area contributed by atoms with Crippen molar-refractivity contribution in [1.82, 2.24) is 9.97 Å². The number of hydrogen-bond acceptors (Lipinski definition) is 2. The summed E-state index contributed by atoms with van der Waals surface area (Å²) in [5, 5.41) is 0. The van der Waals surface area contributed by atoms with E-state index in [-0.39, 0.29) is 0 Å². The SMILES string of the molecule is Brc1cc(Br)nc(Cc2ccccc2Br)n1. The van der Waals surface area contributed by atoms with Gasteiger partial charge in [-0.25, -0.2) is 9.97 Å². The zero-order valence-electron chi connectivity index (χ0n) is 8.12. The van der Waals surface area contributed by atoms with Crippen molar-refractivity contribution in [3.05, 3.63) is 55.4 Å². The second-order valence-electron chi connectivity index (χ2n) is 3.20. The van der Waals surface area contributed by atoms with E-state index in [0.29, 0.717) is 6.42 Å². The first-order chi connectivity index (χ1) is 7.65. The van der Waals surface area contributed by atoms with Crippen LogP contribution >= 0.6 is 47.8 Å². The van der Waals surface area contributed by atoms with Crippen LogP contribution in [0.1, 0.15) is 11.4 Å². The Morgan fingerprint density at radius 3 is 2.19 bits per heavy atom. The summed E-state index contributed by atoms with van der Waals surface area (Å²) in [5.74, 6) is 0.785. The number of rotatable bonds is 2. The minimum atomic E-state index is 0.708. The first kappa shape index (κ1) is 12.2. The molecule has 16 heavy (non-hydrogen) atoms. The third kappa shape index (κ3) is 3.12. The van der Waals surface area contributed by atoms with E-state index in [2.05, 4.69) is 63.8 Å². The molecule has 0 saturated heterocycles. The molecule has 0 bridgehead atoms. The van der Waals surface area contributed by atoms with Gasteiger partial charge in [0.2, 0.25) is 0 Å². The van der Waals surface area contributed by atoms with Gasteiger partial charge in [0.15, 0.2) is 0 Å². The highest BCUT2D eigenvalue weighted by Gasteiger charge is 2.05. The van der Waals surface area contributed by atoms with Crippen LogP contribution < -0.4 is 0 Å². The minimum Gasteiger partial charge on any atom is -0.226 e. The van der Waals surface area contributed by atoms with E-state index in [1.165, 1.54) is 5.56 Å². The molecule has 0 aliphatic heterocycles. The molecule has 0 aliphatic rings. The first-order valence-corrected chi connectivity index (χ1v) is 6.95. The van der Waals surface area contributed by atoms with Crippen molar-refractivity contribution in [2.75, 3.05) is 0 Å². The third-order valence-corrected chi connectivity index (χ3v) is 3.60. The second-order valence-corrected chi connectivity index (χ2v) is 5.68. The molecular weight excluding hydrogens is 400 g/mol. The van der Waals surface area contributed by atoms with Crippen molar-refractivity contribution < 1.29 is 0 Å². The Bertz CT molecular complexity index is 494. The fraction of sp³-hybridized carbons (Fsp3) is 0.0909. The minimum absolute atomic E-state index is 0.708. The summed E-state index contributed by atoms with van der Waals surface area (Å²) in [5.41, 5.74) is 1.17. The summed E-state index contributed by atoms with van der Waals surface area (Å²) in [7, 11) is 0. The fourth-order valence-corrected chi connectivity index (χ4v) is 2.90. The molecule has 82 valence electrons. The van der Waals surface area contributed by atoms with Gasteiger partial charge < -0.3 is 0 Å². The standard InChI is InChI=1S/C11H7Br3N2/c12-8-4-2-1-3-7(8)5-11-15-9(13)6-10(14)16-11/h1-4,6H,5H2. The van der Waals surface area contributed by atoms with Crippen molar-refractivity contribution >= 4 is 47.8 Å². The summed E-state index contributed by atoms with van der Waals surface area (Å²) in [6.45, 7) is 0. The van der Waals surface area contributed by atoms with Crippen molar-refractivity contribution in [2.24, 2.45) is 0 Å². The monoisotopic (exact) mass is 404 g/mol. The van der Waals surface area contributed by atoms with Gasteiger partial charge in [0, 0.05) is 17.0 Å². The molecule has 0 spiro atoms. The van der Waals surface area contributed by atoms with Crippen LogP contribution in [0.5, 0.6) is 0 Å². The van der Waals surface area contributed by atoms with Gasteiger partial charge in [0.05, 0.1) is 0 Å². The molecule has 2 nitrogen and oxygen atoms in total. The normalized spacial score (nSPS) is 10.4. The van der Waals surface area contributed by atoms with Gasteiger partial charge in [-0.3, -0.25) is 0 Å². The maximum absolute atomic E-state index is 4.33. The van der Waals surface area contributed by atoms with Gasteiger partial charge in [0.25, 0.3) is 0 Å². The summed E-state index contributed by atoms with van der Waals surface area (Å²) in [4.78, 5) is 8.65. The van der Waals surface area contributed by atoms with Crippen LogP contribution in [-0.4, -0.2) is 9.97 Å². The van der Waals surface area contributed by atoms with Crippen LogP contribution in [-0.2, 0) is 6.42 Å². The average molecular weight is 407 g/mol. The summed E-state index contributed by atoms with van der Waals surface area (Å²) < 4.78 is 2.66. The largest absolute Gasteiger partial charge is 0.226 e. The van der Waals surface area contributed by atoms with Crippen molar-refractivity contribution in [1.29, 1.82) is 0 Å². The van der Waals surface area contributed by atoms with E-state index in [9.17, 15) is 0 Å². The van der Waals surface area contributed by atoms with Crippen molar-refractivity contribution in [3.8, 4) is 0 Å². The summed E-state index contributed by atoms with van der Waals surface area (Å²) in [6.07, 6.45) is 0.708. The van der Waals surface area contributed by atoms with Gasteiger partial charge in [-0.2, -0.15) is 0 Å². The lowest BCUT2D eigenvalue weighted by Gasteiger charge is -2.04. The third-order valence-electron chi connectivity index (χ3n) is 2.02. The molecule has 1 heterocycles. The fourth-order valence-electron chi connectivity index (χ4n) is 1.33. The number of halogens is 3. The predicted octanol–water partition coefficient (Wildman–Crippen LogP) is 4.35. The lowest BCUT2D eigenvalue weighted by Crippen LogP contribution is -1.98. The molecule has 1 aromatic carbocycles. The highest BCUT2D eigenvalue weighted by atomic mass is 79.9.